The molecule has 0 amide bonds. The zero-order valence-electron chi connectivity index (χ0n) is 6.70. The molecule has 1 rings (SSSR count). The fourth-order valence-corrected chi connectivity index (χ4v) is 1.16. The molecule has 0 aromatic heterocycles. The van der Waals surface area contributed by atoms with Crippen LogP contribution >= 0.6 is 0 Å². The highest BCUT2D eigenvalue weighted by molar-refractivity contribution is 5.19. The Morgan fingerprint density at radius 3 is 1.77 bits per heavy atom. The Kier molecular flexibility index (Phi) is 2.46. The average molecular weight is 180 g/mol. The molecule has 2 atom stereocenters. The van der Waals surface area contributed by atoms with Crippen molar-refractivity contribution in [2.24, 2.45) is 11.8 Å². The lowest BCUT2D eigenvalue weighted by Crippen LogP contribution is -1.90. The van der Waals surface area contributed by atoms with E-state index in [0.717, 1.165) is 12.4 Å². The summed E-state index contributed by atoms with van der Waals surface area (Å²) < 4.78 is 0. The Hall–Kier alpha value is -2.08. The van der Waals surface area contributed by atoms with Crippen LogP contribution in [0.5, 0.6) is 0 Å². The minimum absolute atomic E-state index is 0.0922. The first-order chi connectivity index (χ1) is 6.20. The summed E-state index contributed by atoms with van der Waals surface area (Å²) in [6.45, 7) is 0. The SMILES string of the molecule is N#[N+]C=C(O)C1CC1C(O)=C[N+]#N. The molecule has 0 aliphatic heterocycles. The summed E-state index contributed by atoms with van der Waals surface area (Å²) in [5, 5.41) is 34.5. The van der Waals surface area contributed by atoms with Crippen molar-refractivity contribution in [2.45, 2.75) is 6.42 Å². The third kappa shape index (κ3) is 1.94. The molecular weight excluding hydrogens is 172 g/mol. The van der Waals surface area contributed by atoms with Gasteiger partial charge >= 0.3 is 12.4 Å². The maximum absolute atomic E-state index is 9.15. The average Bonchev–Trinajstić information content (AvgIpc) is 2.84. The fraction of sp³-hybridized carbons (Fsp3) is 0.429. The van der Waals surface area contributed by atoms with Crippen molar-refractivity contribution in [3.05, 3.63) is 33.9 Å². The van der Waals surface area contributed by atoms with E-state index in [1.54, 1.807) is 0 Å². The van der Waals surface area contributed by atoms with E-state index in [4.69, 9.17) is 21.0 Å². The Morgan fingerprint density at radius 1 is 1.08 bits per heavy atom. The maximum Gasteiger partial charge on any atom is 0.387 e. The van der Waals surface area contributed by atoms with Crippen LogP contribution in [0, 0.1) is 22.6 Å². The lowest BCUT2D eigenvalue weighted by atomic mass is 10.2. The van der Waals surface area contributed by atoms with Crippen LogP contribution in [0.25, 0.3) is 9.95 Å². The van der Waals surface area contributed by atoms with Gasteiger partial charge in [-0.15, -0.1) is 0 Å². The predicted molar refractivity (Wildman–Crippen MR) is 43.2 cm³/mol. The number of nitrogens with zero attached hydrogens (tertiary/aromatic N) is 4. The first kappa shape index (κ1) is 9.01. The molecule has 6 nitrogen and oxygen atoms in total. The third-order valence-corrected chi connectivity index (χ3v) is 1.93. The number of aliphatic hydroxyl groups excluding tert-OH is 2. The second kappa shape index (κ2) is 3.55. The second-order valence-electron chi connectivity index (χ2n) is 2.79. The quantitative estimate of drug-likeness (QED) is 0.502. The van der Waals surface area contributed by atoms with Crippen molar-refractivity contribution in [3.63, 3.8) is 0 Å². The Balaban J connectivity index is 2.59. The van der Waals surface area contributed by atoms with E-state index in [0.29, 0.717) is 6.42 Å². The summed E-state index contributed by atoms with van der Waals surface area (Å²) in [6, 6.07) is 0. The van der Waals surface area contributed by atoms with Gasteiger partial charge in [0.25, 0.3) is 0 Å². The lowest BCUT2D eigenvalue weighted by Gasteiger charge is -1.89. The van der Waals surface area contributed by atoms with Gasteiger partial charge in [-0.05, 0) is 6.42 Å². The van der Waals surface area contributed by atoms with Gasteiger partial charge in [-0.3, -0.25) is 0 Å². The molecule has 0 spiro atoms. The van der Waals surface area contributed by atoms with E-state index in [-0.39, 0.29) is 23.4 Å². The maximum atomic E-state index is 9.15. The van der Waals surface area contributed by atoms with Gasteiger partial charge in [0, 0.05) is 11.8 Å². The largest absolute Gasteiger partial charge is 0.505 e. The van der Waals surface area contributed by atoms with Gasteiger partial charge in [0.2, 0.25) is 10.8 Å². The first-order valence-electron chi connectivity index (χ1n) is 3.67. The number of aliphatic hydroxyl groups is 2. The summed E-state index contributed by atoms with van der Waals surface area (Å²) in [5.74, 6) is -0.668. The minimum atomic E-state index is -0.242. The zero-order valence-corrected chi connectivity index (χ0v) is 6.70. The first-order valence-corrected chi connectivity index (χ1v) is 3.67. The molecule has 66 valence electrons. The van der Waals surface area contributed by atoms with Gasteiger partial charge in [0.15, 0.2) is 21.5 Å². The number of allylic oxidation sites excluding steroid dienone is 2. The molecule has 1 saturated carbocycles. The summed E-state index contributed by atoms with van der Waals surface area (Å²) in [4.78, 5) is 5.30. The van der Waals surface area contributed by atoms with Crippen LogP contribution in [0.2, 0.25) is 0 Å². The normalized spacial score (nSPS) is 27.5. The number of rotatable bonds is 2. The molecule has 1 aliphatic carbocycles. The van der Waals surface area contributed by atoms with E-state index in [1.165, 1.54) is 0 Å². The van der Waals surface area contributed by atoms with Crippen LogP contribution in [0.15, 0.2) is 23.9 Å². The highest BCUT2D eigenvalue weighted by Crippen LogP contribution is 2.47. The van der Waals surface area contributed by atoms with Crippen molar-refractivity contribution in [1.29, 1.82) is 10.8 Å². The van der Waals surface area contributed by atoms with Crippen LogP contribution in [-0.2, 0) is 0 Å². The van der Waals surface area contributed by atoms with Crippen LogP contribution in [0.1, 0.15) is 6.42 Å². The van der Waals surface area contributed by atoms with Crippen molar-refractivity contribution < 1.29 is 10.2 Å². The van der Waals surface area contributed by atoms with E-state index in [9.17, 15) is 0 Å². The van der Waals surface area contributed by atoms with Crippen LogP contribution in [-0.4, -0.2) is 10.2 Å². The highest BCUT2D eigenvalue weighted by Gasteiger charge is 2.46. The topological polar surface area (TPSA) is 96.8 Å². The van der Waals surface area contributed by atoms with Crippen molar-refractivity contribution in [3.8, 4) is 0 Å². The summed E-state index contributed by atoms with van der Waals surface area (Å²) in [6.07, 6.45) is 2.37. The molecule has 0 bridgehead atoms. The third-order valence-electron chi connectivity index (χ3n) is 1.93. The molecular formula is C7H8N4O2+2. The summed E-state index contributed by atoms with van der Waals surface area (Å²) >= 11 is 0. The second-order valence-corrected chi connectivity index (χ2v) is 2.79. The molecule has 2 N–H and O–H groups in total. The number of diazo groups is 2. The molecule has 2 unspecified atom stereocenters. The molecule has 1 aliphatic rings. The van der Waals surface area contributed by atoms with Crippen molar-refractivity contribution in [2.75, 3.05) is 0 Å². The number of hydrogen-bond acceptors (Lipinski definition) is 4. The molecule has 13 heavy (non-hydrogen) atoms. The van der Waals surface area contributed by atoms with E-state index in [1.807, 2.05) is 0 Å². The Labute approximate surface area is 74.1 Å². The van der Waals surface area contributed by atoms with Gasteiger partial charge < -0.3 is 10.2 Å². The Bertz CT molecular complexity index is 312. The van der Waals surface area contributed by atoms with Crippen LogP contribution < -0.4 is 0 Å². The molecule has 0 radical (unpaired) electrons. The standard InChI is InChI=1S/C7H6N4O2/c8-10-2-6(12)4-1-5(4)7(13)3-11-9/h2-5H,1H2/p+2. The molecule has 0 heterocycles. The highest BCUT2D eigenvalue weighted by atomic mass is 16.3. The number of hydrogen-bond donors (Lipinski definition) is 2. The van der Waals surface area contributed by atoms with Gasteiger partial charge in [-0.1, -0.05) is 0 Å². The minimum Gasteiger partial charge on any atom is -0.505 e. The lowest BCUT2D eigenvalue weighted by molar-refractivity contribution is 0.342. The molecule has 0 aromatic rings. The summed E-state index contributed by atoms with van der Waals surface area (Å²) in [5.41, 5.74) is 0. The molecule has 1 fully saturated rings. The van der Waals surface area contributed by atoms with E-state index in [2.05, 4.69) is 9.95 Å². The predicted octanol–water partition coefficient (Wildman–Crippen LogP) is 2.13. The van der Waals surface area contributed by atoms with Gasteiger partial charge in [0.1, 0.15) is 0 Å². The monoisotopic (exact) mass is 180 g/mol. The fourth-order valence-electron chi connectivity index (χ4n) is 1.16. The summed E-state index contributed by atoms with van der Waals surface area (Å²) in [7, 11) is 0. The van der Waals surface area contributed by atoms with E-state index >= 15 is 0 Å². The molecule has 6 heteroatoms. The van der Waals surface area contributed by atoms with Gasteiger partial charge in [-0.2, -0.15) is 0 Å². The zero-order chi connectivity index (χ0) is 9.84. The Morgan fingerprint density at radius 2 is 1.46 bits per heavy atom. The van der Waals surface area contributed by atoms with Crippen molar-refractivity contribution in [1.82, 2.24) is 0 Å². The van der Waals surface area contributed by atoms with Crippen molar-refractivity contribution >= 4 is 0 Å². The van der Waals surface area contributed by atoms with Crippen LogP contribution in [0.3, 0.4) is 0 Å². The molecule has 0 saturated heterocycles. The van der Waals surface area contributed by atoms with E-state index < -0.39 is 0 Å². The molecule has 0 aromatic carbocycles. The van der Waals surface area contributed by atoms with Gasteiger partial charge in [-0.25, -0.2) is 0 Å². The van der Waals surface area contributed by atoms with Gasteiger partial charge in [0.05, 0.1) is 0 Å². The smallest absolute Gasteiger partial charge is 0.387 e. The van der Waals surface area contributed by atoms with Crippen LogP contribution in [0.4, 0.5) is 0 Å².